The van der Waals surface area contributed by atoms with Gasteiger partial charge in [-0.05, 0) is 43.9 Å². The van der Waals surface area contributed by atoms with Gasteiger partial charge in [0.05, 0.1) is 12.1 Å². The maximum absolute atomic E-state index is 12.9. The number of nitrogens with zero attached hydrogens (tertiary/aromatic N) is 3. The topological polar surface area (TPSA) is 77.8 Å². The largest absolute Gasteiger partial charge is 0.388 e. The third-order valence-electron chi connectivity index (χ3n) is 6.30. The van der Waals surface area contributed by atoms with Gasteiger partial charge in [0, 0.05) is 24.7 Å². The molecule has 0 aliphatic carbocycles. The predicted molar refractivity (Wildman–Crippen MR) is 115 cm³/mol. The zero-order chi connectivity index (χ0) is 21.3. The molecule has 1 aromatic carbocycles. The number of hydrogen-bond donors (Lipinski definition) is 2. The lowest BCUT2D eigenvalue weighted by molar-refractivity contribution is -0.139. The van der Waals surface area contributed by atoms with Gasteiger partial charge in [0.1, 0.15) is 12.4 Å². The second-order valence-electron chi connectivity index (χ2n) is 8.66. The smallest absolute Gasteiger partial charge is 0.273 e. The Labute approximate surface area is 177 Å². The molecule has 2 aliphatic heterocycles. The van der Waals surface area contributed by atoms with E-state index in [4.69, 9.17) is 0 Å². The summed E-state index contributed by atoms with van der Waals surface area (Å²) in [4.78, 5) is 29.1. The molecule has 0 spiro atoms. The van der Waals surface area contributed by atoms with E-state index < -0.39 is 5.60 Å². The minimum absolute atomic E-state index is 0.0785. The number of aromatic nitrogens is 1. The molecular formula is C23H30N4O3. The number of rotatable bonds is 5. The van der Waals surface area contributed by atoms with Crippen molar-refractivity contribution in [1.29, 1.82) is 0 Å². The number of aliphatic hydroxyl groups is 1. The molecule has 2 N–H and O–H groups in total. The maximum Gasteiger partial charge on any atom is 0.273 e. The summed E-state index contributed by atoms with van der Waals surface area (Å²) in [6.45, 7) is 5.56. The molecule has 160 valence electrons. The molecule has 3 heterocycles. The van der Waals surface area contributed by atoms with E-state index in [1.807, 2.05) is 55.1 Å². The monoisotopic (exact) mass is 410 g/mol. The highest BCUT2D eigenvalue weighted by molar-refractivity contribution is 5.94. The Balaban J connectivity index is 1.32. The van der Waals surface area contributed by atoms with E-state index in [2.05, 4.69) is 5.43 Å². The van der Waals surface area contributed by atoms with Crippen molar-refractivity contribution in [3.05, 3.63) is 59.4 Å². The van der Waals surface area contributed by atoms with E-state index in [0.717, 1.165) is 11.3 Å². The summed E-state index contributed by atoms with van der Waals surface area (Å²) in [5, 5.41) is 11.1. The minimum atomic E-state index is -0.972. The van der Waals surface area contributed by atoms with Crippen molar-refractivity contribution in [1.82, 2.24) is 14.5 Å². The normalized spacial score (nSPS) is 19.2. The Hall–Kier alpha value is -2.80. The van der Waals surface area contributed by atoms with Gasteiger partial charge >= 0.3 is 0 Å². The standard InChI is InChI=1S/C23H30N4O3/c1-17(14-19-6-4-3-5-7-19)21(28)25-12-10-23(30,11-13-25)15-26-16-24-27-18(2)8-9-20(27)22(26)29/h3-9,17,24,30H,10-16H2,1-2H3. The van der Waals surface area contributed by atoms with Crippen LogP contribution in [0.15, 0.2) is 42.5 Å². The summed E-state index contributed by atoms with van der Waals surface area (Å²) in [5.74, 6) is -0.0438. The van der Waals surface area contributed by atoms with Gasteiger partial charge in [0.2, 0.25) is 5.91 Å². The molecule has 0 radical (unpaired) electrons. The molecule has 2 aliphatic rings. The third-order valence-corrected chi connectivity index (χ3v) is 6.30. The Morgan fingerprint density at radius 3 is 2.57 bits per heavy atom. The van der Waals surface area contributed by atoms with Crippen molar-refractivity contribution in [3.8, 4) is 0 Å². The first-order valence-electron chi connectivity index (χ1n) is 10.6. The molecule has 30 heavy (non-hydrogen) atoms. The van der Waals surface area contributed by atoms with Gasteiger partial charge in [-0.2, -0.15) is 0 Å². The van der Waals surface area contributed by atoms with Crippen molar-refractivity contribution in [2.24, 2.45) is 5.92 Å². The number of carbonyl (C=O) groups excluding carboxylic acids is 2. The van der Waals surface area contributed by atoms with Gasteiger partial charge in [-0.15, -0.1) is 0 Å². The van der Waals surface area contributed by atoms with E-state index in [1.165, 1.54) is 0 Å². The Kier molecular flexibility index (Phi) is 5.56. The lowest BCUT2D eigenvalue weighted by Gasteiger charge is -2.42. The predicted octanol–water partition coefficient (Wildman–Crippen LogP) is 1.99. The molecule has 2 aromatic rings. The highest BCUT2D eigenvalue weighted by atomic mass is 16.3. The lowest BCUT2D eigenvalue weighted by atomic mass is 9.89. The molecule has 1 unspecified atom stereocenters. The first-order chi connectivity index (χ1) is 14.4. The summed E-state index contributed by atoms with van der Waals surface area (Å²) < 4.78 is 1.79. The van der Waals surface area contributed by atoms with Gasteiger partial charge in [-0.3, -0.25) is 14.3 Å². The highest BCUT2D eigenvalue weighted by Gasteiger charge is 2.38. The summed E-state index contributed by atoms with van der Waals surface area (Å²) in [7, 11) is 0. The van der Waals surface area contributed by atoms with Gasteiger partial charge in [-0.25, -0.2) is 0 Å². The van der Waals surface area contributed by atoms with Crippen LogP contribution in [0.3, 0.4) is 0 Å². The number of aryl methyl sites for hydroxylation is 1. The van der Waals surface area contributed by atoms with Gasteiger partial charge in [0.15, 0.2) is 0 Å². The molecule has 2 amide bonds. The fourth-order valence-corrected chi connectivity index (χ4v) is 4.46. The van der Waals surface area contributed by atoms with Crippen LogP contribution in [0.4, 0.5) is 0 Å². The fourth-order valence-electron chi connectivity index (χ4n) is 4.46. The van der Waals surface area contributed by atoms with Crippen LogP contribution in [0, 0.1) is 12.8 Å². The van der Waals surface area contributed by atoms with Gasteiger partial charge in [-0.1, -0.05) is 37.3 Å². The Morgan fingerprint density at radius 1 is 1.17 bits per heavy atom. The van der Waals surface area contributed by atoms with E-state index >= 15 is 0 Å². The number of benzene rings is 1. The first-order valence-corrected chi connectivity index (χ1v) is 10.6. The van der Waals surface area contributed by atoms with Gasteiger partial charge < -0.3 is 20.3 Å². The number of fused-ring (bicyclic) bond motifs is 1. The zero-order valence-electron chi connectivity index (χ0n) is 17.7. The van der Waals surface area contributed by atoms with E-state index in [0.29, 0.717) is 44.7 Å². The number of likely N-dealkylation sites (tertiary alicyclic amines) is 1. The van der Waals surface area contributed by atoms with Crippen molar-refractivity contribution >= 4 is 11.8 Å². The Morgan fingerprint density at radius 2 is 1.87 bits per heavy atom. The summed E-state index contributed by atoms with van der Waals surface area (Å²) >= 11 is 0. The van der Waals surface area contributed by atoms with Crippen molar-refractivity contribution in [2.75, 3.05) is 31.7 Å². The fraction of sp³-hybridized carbons (Fsp3) is 0.478. The van der Waals surface area contributed by atoms with E-state index in [9.17, 15) is 14.7 Å². The number of amides is 2. The number of nitrogens with one attached hydrogen (secondary N) is 1. The molecule has 1 saturated heterocycles. The van der Waals surface area contributed by atoms with Crippen molar-refractivity contribution in [3.63, 3.8) is 0 Å². The molecule has 7 heteroatoms. The van der Waals surface area contributed by atoms with E-state index in [1.54, 1.807) is 15.6 Å². The number of β-amino-alcohol motifs (C(OH)–C–C–N with tert-alkyl or cyclic N) is 1. The summed E-state index contributed by atoms with van der Waals surface area (Å²) in [6, 6.07) is 13.7. The zero-order valence-corrected chi connectivity index (χ0v) is 17.7. The van der Waals surface area contributed by atoms with Crippen LogP contribution in [-0.2, 0) is 11.2 Å². The van der Waals surface area contributed by atoms with Crippen LogP contribution < -0.4 is 5.43 Å². The van der Waals surface area contributed by atoms with E-state index in [-0.39, 0.29) is 24.3 Å². The first kappa shape index (κ1) is 20.5. The maximum atomic E-state index is 12.9. The molecular weight excluding hydrogens is 380 g/mol. The van der Waals surface area contributed by atoms with Crippen LogP contribution in [0.25, 0.3) is 0 Å². The van der Waals surface area contributed by atoms with Crippen LogP contribution in [0.5, 0.6) is 0 Å². The van der Waals surface area contributed by atoms with Crippen LogP contribution in [0.2, 0.25) is 0 Å². The van der Waals surface area contributed by atoms with Crippen LogP contribution in [-0.4, -0.2) is 63.3 Å². The molecule has 7 nitrogen and oxygen atoms in total. The van der Waals surface area contributed by atoms with Crippen LogP contribution >= 0.6 is 0 Å². The minimum Gasteiger partial charge on any atom is -0.388 e. The average molecular weight is 411 g/mol. The van der Waals surface area contributed by atoms with Crippen molar-refractivity contribution < 1.29 is 14.7 Å². The molecule has 1 atom stereocenters. The quantitative estimate of drug-likeness (QED) is 0.790. The molecule has 0 bridgehead atoms. The summed E-state index contributed by atoms with van der Waals surface area (Å²) in [5.41, 5.74) is 4.96. The molecule has 0 saturated carbocycles. The molecule has 1 fully saturated rings. The lowest BCUT2D eigenvalue weighted by Crippen LogP contribution is -2.56. The number of piperidine rings is 1. The molecule has 1 aromatic heterocycles. The highest BCUT2D eigenvalue weighted by Crippen LogP contribution is 2.26. The number of carbonyl (C=O) groups is 2. The second-order valence-corrected chi connectivity index (χ2v) is 8.66. The average Bonchev–Trinajstić information content (AvgIpc) is 3.12. The van der Waals surface area contributed by atoms with Crippen molar-refractivity contribution in [2.45, 2.75) is 38.7 Å². The third kappa shape index (κ3) is 4.07. The van der Waals surface area contributed by atoms with Crippen LogP contribution in [0.1, 0.15) is 41.5 Å². The SMILES string of the molecule is Cc1ccc2n1NCN(CC1(O)CCN(C(=O)C(C)Cc3ccccc3)CC1)C2=O. The van der Waals surface area contributed by atoms with Gasteiger partial charge in [0.25, 0.3) is 5.91 Å². The Bertz CT molecular complexity index is 916. The summed E-state index contributed by atoms with van der Waals surface area (Å²) in [6.07, 6.45) is 1.66. The molecule has 4 rings (SSSR count). The number of hydrogen-bond acceptors (Lipinski definition) is 4. The second kappa shape index (κ2) is 8.14.